The van der Waals surface area contributed by atoms with Crippen LogP contribution in [0.1, 0.15) is 57.6 Å². The third kappa shape index (κ3) is 6.74. The minimum absolute atomic E-state index is 0.0215. The highest BCUT2D eigenvalue weighted by Gasteiger charge is 2.49. The van der Waals surface area contributed by atoms with Gasteiger partial charge in [0, 0.05) is 39.3 Å². The van der Waals surface area contributed by atoms with Gasteiger partial charge in [-0.25, -0.2) is 0 Å². The fourth-order valence-corrected chi connectivity index (χ4v) is 5.67. The topological polar surface area (TPSA) is 65.8 Å². The smallest absolute Gasteiger partial charge is 0.363 e. The molecule has 0 atom stereocenters. The first-order chi connectivity index (χ1) is 17.9. The van der Waals surface area contributed by atoms with Crippen LogP contribution in [0.2, 0.25) is 0 Å². The van der Waals surface area contributed by atoms with Crippen molar-refractivity contribution in [1.29, 1.82) is 5.26 Å². The summed E-state index contributed by atoms with van der Waals surface area (Å²) in [6.07, 6.45) is -0.825. The molecule has 0 saturated carbocycles. The monoisotopic (exact) mass is 568 g/mol. The van der Waals surface area contributed by atoms with E-state index in [0.29, 0.717) is 6.54 Å². The molecule has 0 aliphatic carbocycles. The van der Waals surface area contributed by atoms with E-state index in [2.05, 4.69) is 15.1 Å². The minimum atomic E-state index is -4.72. The van der Waals surface area contributed by atoms with Crippen LogP contribution in [-0.2, 0) is 11.0 Å². The zero-order valence-electron chi connectivity index (χ0n) is 22.1. The number of unbranched alkanes of at least 4 members (excludes halogenated alkanes) is 3. The molecule has 0 spiro atoms. The summed E-state index contributed by atoms with van der Waals surface area (Å²) in [7, 11) is 0. The van der Waals surface area contributed by atoms with Crippen molar-refractivity contribution in [3.63, 3.8) is 0 Å². The number of thiocarbonyl (C=S) groups is 2. The van der Waals surface area contributed by atoms with Crippen molar-refractivity contribution in [3.8, 4) is 6.07 Å². The van der Waals surface area contributed by atoms with Gasteiger partial charge in [0.05, 0.1) is 22.9 Å². The van der Waals surface area contributed by atoms with Crippen LogP contribution in [-0.4, -0.2) is 82.2 Å². The van der Waals surface area contributed by atoms with Crippen molar-refractivity contribution in [1.82, 2.24) is 20.0 Å². The number of alkyl halides is 3. The highest BCUT2D eigenvalue weighted by atomic mass is 32.1. The highest BCUT2D eigenvalue weighted by molar-refractivity contribution is 7.80. The summed E-state index contributed by atoms with van der Waals surface area (Å²) in [5, 5.41) is 13.3. The second kappa shape index (κ2) is 12.6. The van der Waals surface area contributed by atoms with Gasteiger partial charge in [-0.05, 0) is 82.8 Å². The Morgan fingerprint density at radius 2 is 1.74 bits per heavy atom. The van der Waals surface area contributed by atoms with Gasteiger partial charge in [0.25, 0.3) is 5.91 Å². The molecule has 208 valence electrons. The lowest BCUT2D eigenvalue weighted by molar-refractivity contribution is -0.137. The Morgan fingerprint density at radius 1 is 1.11 bits per heavy atom. The average Bonchev–Trinajstić information content (AvgIpc) is 3.04. The van der Waals surface area contributed by atoms with E-state index in [9.17, 15) is 18.0 Å². The van der Waals surface area contributed by atoms with Gasteiger partial charge in [-0.3, -0.25) is 14.6 Å². The zero-order valence-corrected chi connectivity index (χ0v) is 23.7. The minimum Gasteiger partial charge on any atom is -0.363 e. The van der Waals surface area contributed by atoms with Crippen LogP contribution in [0.5, 0.6) is 0 Å². The van der Waals surface area contributed by atoms with E-state index >= 15 is 0 Å². The van der Waals surface area contributed by atoms with E-state index in [-0.39, 0.29) is 16.7 Å². The molecular weight excluding hydrogens is 533 g/mol. The van der Waals surface area contributed by atoms with Crippen LogP contribution in [0.4, 0.5) is 18.9 Å². The number of carbonyl (C=O) groups is 1. The first-order valence-electron chi connectivity index (χ1n) is 12.9. The molecule has 1 N–H and O–H groups in total. The Morgan fingerprint density at radius 3 is 2.32 bits per heavy atom. The molecule has 0 unspecified atom stereocenters. The number of piperazine rings is 1. The summed E-state index contributed by atoms with van der Waals surface area (Å²) < 4.78 is 40.4. The fraction of sp³-hybridized carbons (Fsp3) is 0.615. The third-order valence-electron chi connectivity index (χ3n) is 7.10. The van der Waals surface area contributed by atoms with Gasteiger partial charge < -0.3 is 15.1 Å². The Hall–Kier alpha value is -2.49. The maximum Gasteiger partial charge on any atom is 0.417 e. The predicted octanol–water partition coefficient (Wildman–Crippen LogP) is 4.36. The van der Waals surface area contributed by atoms with Crippen molar-refractivity contribution in [2.24, 2.45) is 0 Å². The summed E-state index contributed by atoms with van der Waals surface area (Å²) in [6, 6.07) is 4.82. The lowest BCUT2D eigenvalue weighted by Gasteiger charge is -2.36. The summed E-state index contributed by atoms with van der Waals surface area (Å²) in [6.45, 7) is 11.8. The number of nitrogens with one attached hydrogen (secondary N) is 1. The SMILES string of the molecule is CCNC(=S)N1CCN(CCCCCCN2C(=S)N(c3ccc(C#N)c(C(F)(F)F)c3)C(=O)C2(C)C)CC1. The molecule has 2 aliphatic heterocycles. The molecule has 3 rings (SSSR count). The van der Waals surface area contributed by atoms with Gasteiger partial charge in [0.2, 0.25) is 0 Å². The Labute approximate surface area is 233 Å². The lowest BCUT2D eigenvalue weighted by atomic mass is 10.0. The van der Waals surface area contributed by atoms with Crippen LogP contribution >= 0.6 is 24.4 Å². The molecule has 7 nitrogen and oxygen atoms in total. The molecule has 2 heterocycles. The van der Waals surface area contributed by atoms with E-state index in [4.69, 9.17) is 29.7 Å². The first kappa shape index (κ1) is 30.1. The molecule has 1 amide bonds. The van der Waals surface area contributed by atoms with Crippen LogP contribution in [0.25, 0.3) is 0 Å². The van der Waals surface area contributed by atoms with E-state index in [1.807, 2.05) is 6.92 Å². The van der Waals surface area contributed by atoms with Crippen molar-refractivity contribution in [3.05, 3.63) is 29.3 Å². The van der Waals surface area contributed by atoms with E-state index < -0.39 is 22.8 Å². The quantitative estimate of drug-likeness (QED) is 0.348. The second-order valence-corrected chi connectivity index (χ2v) is 10.8. The number of halogens is 3. The van der Waals surface area contributed by atoms with Crippen LogP contribution in [0.15, 0.2) is 18.2 Å². The molecule has 0 bridgehead atoms. The Balaban J connectivity index is 1.50. The van der Waals surface area contributed by atoms with Crippen molar-refractivity contribution in [2.75, 3.05) is 50.7 Å². The first-order valence-corrected chi connectivity index (χ1v) is 13.8. The molecule has 2 fully saturated rings. The highest BCUT2D eigenvalue weighted by Crippen LogP contribution is 2.38. The van der Waals surface area contributed by atoms with Gasteiger partial charge in [-0.2, -0.15) is 18.4 Å². The zero-order chi connectivity index (χ0) is 28.1. The Bertz CT molecular complexity index is 1080. The number of hydrogen-bond acceptors (Lipinski definition) is 5. The Kier molecular flexibility index (Phi) is 9.95. The van der Waals surface area contributed by atoms with Crippen LogP contribution in [0.3, 0.4) is 0 Å². The van der Waals surface area contributed by atoms with Crippen molar-refractivity contribution >= 4 is 46.3 Å². The van der Waals surface area contributed by atoms with Crippen LogP contribution < -0.4 is 10.2 Å². The third-order valence-corrected chi connectivity index (χ3v) is 7.91. The lowest BCUT2D eigenvalue weighted by Crippen LogP contribution is -2.51. The van der Waals surface area contributed by atoms with Gasteiger partial charge in [0.15, 0.2) is 10.2 Å². The summed E-state index contributed by atoms with van der Waals surface area (Å²) >= 11 is 11.0. The summed E-state index contributed by atoms with van der Waals surface area (Å²) in [5.41, 5.74) is -2.52. The number of rotatable bonds is 9. The van der Waals surface area contributed by atoms with E-state index in [1.165, 1.54) is 6.07 Å². The molecule has 0 radical (unpaired) electrons. The van der Waals surface area contributed by atoms with Gasteiger partial charge in [-0.15, -0.1) is 0 Å². The molecule has 1 aromatic carbocycles. The molecule has 12 heteroatoms. The number of amides is 1. The van der Waals surface area contributed by atoms with Gasteiger partial charge >= 0.3 is 6.18 Å². The normalized spacial score (nSPS) is 18.2. The largest absolute Gasteiger partial charge is 0.417 e. The fourth-order valence-electron chi connectivity index (χ4n) is 4.84. The molecular formula is C26H35F3N6OS2. The number of nitrogens with zero attached hydrogens (tertiary/aromatic N) is 5. The molecule has 1 aromatic rings. The number of carbonyl (C=O) groups excluding carboxylic acids is 1. The van der Waals surface area contributed by atoms with E-state index in [0.717, 1.165) is 87.1 Å². The van der Waals surface area contributed by atoms with Crippen molar-refractivity contribution < 1.29 is 18.0 Å². The standard InChI is InChI=1S/C26H35F3N6OS2/c1-4-31-23(37)33-15-13-32(14-16-33)11-7-5-6-8-12-34-24(38)35(22(36)25(34,2)3)20-10-9-19(18-30)21(17-20)26(27,28)29/h9-10,17H,4-8,11-16H2,1-3H3,(H,31,37). The average molecular weight is 569 g/mol. The molecule has 0 aromatic heterocycles. The summed E-state index contributed by atoms with van der Waals surface area (Å²) in [5.74, 6) is -0.381. The number of anilines is 1. The number of hydrogen-bond donors (Lipinski definition) is 1. The summed E-state index contributed by atoms with van der Waals surface area (Å²) in [4.78, 5) is 20.8. The van der Waals surface area contributed by atoms with Gasteiger partial charge in [-0.1, -0.05) is 12.8 Å². The van der Waals surface area contributed by atoms with Crippen LogP contribution in [0, 0.1) is 11.3 Å². The second-order valence-electron chi connectivity index (χ2n) is 10.1. The maximum absolute atomic E-state index is 13.5. The van der Waals surface area contributed by atoms with Crippen molar-refractivity contribution in [2.45, 2.75) is 58.2 Å². The van der Waals surface area contributed by atoms with Gasteiger partial charge in [0.1, 0.15) is 5.54 Å². The molecule has 38 heavy (non-hydrogen) atoms. The number of benzene rings is 1. The molecule has 2 saturated heterocycles. The van der Waals surface area contributed by atoms with E-state index in [1.54, 1.807) is 24.8 Å². The maximum atomic E-state index is 13.5. The number of nitriles is 1. The predicted molar refractivity (Wildman–Crippen MR) is 150 cm³/mol. The molecule has 2 aliphatic rings.